The highest BCUT2D eigenvalue weighted by Gasteiger charge is 2.37. The van der Waals surface area contributed by atoms with Crippen molar-refractivity contribution in [2.75, 3.05) is 0 Å². The minimum absolute atomic E-state index is 0.0296. The lowest BCUT2D eigenvalue weighted by molar-refractivity contribution is -0.114. The van der Waals surface area contributed by atoms with E-state index in [1.807, 2.05) is 72.8 Å². The number of Topliss-reactive ketones (excluding diaryl/α,β-unsaturated/α-hetero) is 2. The zero-order valence-corrected chi connectivity index (χ0v) is 42.9. The molecule has 0 spiro atoms. The molecule has 1 aromatic heterocycles. The van der Waals surface area contributed by atoms with Crippen molar-refractivity contribution in [2.24, 2.45) is 42.1 Å². The number of hydrogen-bond donors (Lipinski definition) is 0. The molecule has 2 aliphatic rings. The fraction of sp³-hybridized carbons (Fsp3) is 0.444. The number of carbonyl (C=O) groups excluding carboxylic acids is 2. The molecule has 7 nitrogen and oxygen atoms in total. The molecule has 0 fully saturated rings. The second-order valence-electron chi connectivity index (χ2n) is 20.8. The van der Waals surface area contributed by atoms with Crippen molar-refractivity contribution in [1.29, 1.82) is 0 Å². The van der Waals surface area contributed by atoms with Gasteiger partial charge in [0.1, 0.15) is 11.4 Å². The van der Waals surface area contributed by atoms with Gasteiger partial charge in [0.25, 0.3) is 0 Å². The number of hydrogen-bond acceptors (Lipinski definition) is 7. The van der Waals surface area contributed by atoms with Gasteiger partial charge in [-0.15, -0.1) is 10.2 Å². The number of furan rings is 1. The fourth-order valence-electron chi connectivity index (χ4n) is 7.50. The van der Waals surface area contributed by atoms with Crippen molar-refractivity contribution in [2.45, 2.75) is 135 Å². The third kappa shape index (κ3) is 12.9. The predicted octanol–water partition coefficient (Wildman–Crippen LogP) is 17.8. The average Bonchev–Trinajstić information content (AvgIpc) is 3.59. The average molecular weight is 979 g/mol. The lowest BCUT2D eigenvalue weighted by Crippen LogP contribution is -2.28. The van der Waals surface area contributed by atoms with Crippen molar-refractivity contribution in [3.63, 3.8) is 0 Å². The Labute approximate surface area is 393 Å². The maximum Gasteiger partial charge on any atom is 0.186 e. The minimum Gasteiger partial charge on any atom is -0.452 e. The van der Waals surface area contributed by atoms with Gasteiger partial charge < -0.3 is 4.42 Å². The summed E-state index contributed by atoms with van der Waals surface area (Å²) in [6.45, 7) is 27.0. The molecular weight excluding hydrogens is 912 g/mol. The van der Waals surface area contributed by atoms with E-state index < -0.39 is 21.7 Å². The van der Waals surface area contributed by atoms with Crippen molar-refractivity contribution in [1.82, 2.24) is 0 Å². The Balaban J connectivity index is 1.90. The van der Waals surface area contributed by atoms with E-state index in [2.05, 4.69) is 128 Å². The van der Waals surface area contributed by atoms with E-state index in [9.17, 15) is 9.59 Å². The SMILES string of the molecule is CCCCCCCCc1cc(C(/N=N/c2ccc(Br)cc2)=C2C=C(C(C)(C)C)C(=O)C(C(C)(C)C)=C2)oc1C(/N=N/c1ccc(Br)cc1)=C1C=C(C(C)(C)C)C(=O)C(C(C)(C)C)=C1. The van der Waals surface area contributed by atoms with E-state index in [-0.39, 0.29) is 11.6 Å². The molecule has 2 aromatic carbocycles. The van der Waals surface area contributed by atoms with Gasteiger partial charge in [0.15, 0.2) is 23.1 Å². The minimum atomic E-state index is -0.450. The fourth-order valence-corrected chi connectivity index (χ4v) is 8.03. The number of aryl methyl sites for hydroxylation is 1. The lowest BCUT2D eigenvalue weighted by atomic mass is 9.71. The maximum absolute atomic E-state index is 14.2. The number of halogens is 2. The van der Waals surface area contributed by atoms with Crippen molar-refractivity contribution in [3.8, 4) is 0 Å². The van der Waals surface area contributed by atoms with Gasteiger partial charge in [-0.25, -0.2) is 0 Å². The molecule has 0 radical (unpaired) electrons. The lowest BCUT2D eigenvalue weighted by Gasteiger charge is -2.31. The molecule has 334 valence electrons. The first-order valence-corrected chi connectivity index (χ1v) is 23.9. The van der Waals surface area contributed by atoms with Crippen LogP contribution in [0.1, 0.15) is 146 Å². The first kappa shape index (κ1) is 49.7. The van der Waals surface area contributed by atoms with Crippen LogP contribution in [0.15, 0.2) is 146 Å². The van der Waals surface area contributed by atoms with Gasteiger partial charge in [-0.05, 0) is 113 Å². The van der Waals surface area contributed by atoms with Crippen molar-refractivity contribution < 1.29 is 14.0 Å². The molecule has 0 unspecified atom stereocenters. The molecule has 3 aromatic rings. The maximum atomic E-state index is 14.2. The van der Waals surface area contributed by atoms with Crippen LogP contribution in [0.25, 0.3) is 11.4 Å². The summed E-state index contributed by atoms with van der Waals surface area (Å²) in [5.74, 6) is 1.11. The quantitative estimate of drug-likeness (QED) is 0.126. The van der Waals surface area contributed by atoms with E-state index in [4.69, 9.17) is 24.9 Å². The number of ketones is 2. The van der Waals surface area contributed by atoms with Gasteiger partial charge in [0.05, 0.1) is 11.4 Å². The van der Waals surface area contributed by atoms with Crippen LogP contribution in [0.2, 0.25) is 0 Å². The smallest absolute Gasteiger partial charge is 0.186 e. The summed E-state index contributed by atoms with van der Waals surface area (Å²) in [5, 5.41) is 19.6. The molecule has 63 heavy (non-hydrogen) atoms. The number of benzene rings is 2. The highest BCUT2D eigenvalue weighted by atomic mass is 79.9. The largest absolute Gasteiger partial charge is 0.452 e. The number of carbonyl (C=O) groups is 2. The van der Waals surface area contributed by atoms with Crippen LogP contribution in [-0.2, 0) is 16.0 Å². The van der Waals surface area contributed by atoms with E-state index >= 15 is 0 Å². The molecule has 0 aliphatic heterocycles. The van der Waals surface area contributed by atoms with Crippen molar-refractivity contribution >= 4 is 66.2 Å². The molecule has 0 saturated carbocycles. The Morgan fingerprint density at radius 2 is 0.889 bits per heavy atom. The molecule has 0 atom stereocenters. The summed E-state index contributed by atoms with van der Waals surface area (Å²) < 4.78 is 9.04. The first-order chi connectivity index (χ1) is 29.4. The van der Waals surface area contributed by atoms with Gasteiger partial charge >= 0.3 is 0 Å². The Hall–Kier alpha value is -4.34. The summed E-state index contributed by atoms with van der Waals surface area (Å²) in [6.07, 6.45) is 15.3. The summed E-state index contributed by atoms with van der Waals surface area (Å²) in [5.41, 5.74) is 5.77. The van der Waals surface area contributed by atoms with Crippen LogP contribution in [0.4, 0.5) is 11.4 Å². The van der Waals surface area contributed by atoms with Gasteiger partial charge in [0, 0.05) is 47.9 Å². The van der Waals surface area contributed by atoms with Crippen molar-refractivity contribution in [3.05, 3.63) is 138 Å². The highest BCUT2D eigenvalue weighted by molar-refractivity contribution is 9.10. The van der Waals surface area contributed by atoms with E-state index in [0.29, 0.717) is 56.6 Å². The second-order valence-corrected chi connectivity index (χ2v) is 22.7. The van der Waals surface area contributed by atoms with Crippen LogP contribution in [0, 0.1) is 21.7 Å². The Bertz CT molecular complexity index is 2370. The molecule has 5 rings (SSSR count). The molecule has 0 amide bonds. The number of unbranched alkanes of at least 4 members (excludes halogenated alkanes) is 5. The van der Waals surface area contributed by atoms with Crippen LogP contribution in [-0.4, -0.2) is 11.6 Å². The second kappa shape index (κ2) is 20.2. The van der Waals surface area contributed by atoms with E-state index in [0.717, 1.165) is 51.3 Å². The number of rotatable bonds is 13. The van der Waals surface area contributed by atoms with E-state index in [1.165, 1.54) is 19.3 Å². The first-order valence-electron chi connectivity index (χ1n) is 22.3. The predicted molar refractivity (Wildman–Crippen MR) is 267 cm³/mol. The normalized spacial score (nSPS) is 15.6. The third-order valence-electron chi connectivity index (χ3n) is 11.2. The van der Waals surface area contributed by atoms with Crippen LogP contribution in [0.3, 0.4) is 0 Å². The summed E-state index contributed by atoms with van der Waals surface area (Å²) in [6, 6.07) is 17.4. The number of nitrogens with zero attached hydrogens (tertiary/aromatic N) is 4. The number of azo groups is 2. The summed E-state index contributed by atoms with van der Waals surface area (Å²) >= 11 is 7.10. The Morgan fingerprint density at radius 1 is 0.524 bits per heavy atom. The molecule has 0 N–H and O–H groups in total. The molecule has 0 saturated heterocycles. The van der Waals surface area contributed by atoms with E-state index in [1.54, 1.807) is 0 Å². The molecule has 1 heterocycles. The van der Waals surface area contributed by atoms with Crippen LogP contribution in [0.5, 0.6) is 0 Å². The van der Waals surface area contributed by atoms with Gasteiger partial charge in [0.2, 0.25) is 0 Å². The topological polar surface area (TPSA) is 96.7 Å². The molecular formula is C54H66Br2N4O3. The zero-order valence-electron chi connectivity index (χ0n) is 39.7. The molecule has 9 heteroatoms. The monoisotopic (exact) mass is 976 g/mol. The highest BCUT2D eigenvalue weighted by Crippen LogP contribution is 2.45. The van der Waals surface area contributed by atoms with Gasteiger partial charge in [-0.3, -0.25) is 9.59 Å². The Kier molecular flexibility index (Phi) is 15.9. The zero-order chi connectivity index (χ0) is 46.5. The van der Waals surface area contributed by atoms with Gasteiger partial charge in [-0.2, -0.15) is 10.2 Å². The molecule has 0 bridgehead atoms. The van der Waals surface area contributed by atoms with Gasteiger partial charge in [-0.1, -0.05) is 154 Å². The third-order valence-corrected chi connectivity index (χ3v) is 12.3. The molecule has 2 aliphatic carbocycles. The van der Waals surface area contributed by atoms with Crippen LogP contribution < -0.4 is 0 Å². The summed E-state index contributed by atoms with van der Waals surface area (Å²) in [7, 11) is 0. The van der Waals surface area contributed by atoms with Crippen LogP contribution >= 0.6 is 31.9 Å². The number of allylic oxidation sites excluding steroid dienone is 10. The summed E-state index contributed by atoms with van der Waals surface area (Å²) in [4.78, 5) is 28.4. The Morgan fingerprint density at radius 3 is 1.29 bits per heavy atom. The standard InChI is InChI=1S/C54H66Br2N4O3/c1-14-15-16-17-18-19-20-34-33-45(46(59-57-39-25-21-37(55)22-26-39)35-29-41(51(2,3)4)48(61)42(30-35)52(5,6)7)63-50(34)47(60-58-40-27-23-38(56)24-28-40)36-31-43(53(8,9)10)49(62)44(32-36)54(11,12)13/h21-33H,14-20H2,1-13H3/b59-57+,60-58+.